The Morgan fingerprint density at radius 2 is 2.33 bits per heavy atom. The fourth-order valence-electron chi connectivity index (χ4n) is 3.11. The molecule has 130 valence electrons. The van der Waals surface area contributed by atoms with E-state index in [1.165, 1.54) is 12.1 Å². The topological polar surface area (TPSA) is 63.4 Å². The summed E-state index contributed by atoms with van der Waals surface area (Å²) < 4.78 is 23.8. The van der Waals surface area contributed by atoms with Crippen LogP contribution in [0.2, 0.25) is 0 Å². The molecule has 0 unspecified atom stereocenters. The molecule has 2 heterocycles. The number of benzene rings is 1. The third-order valence-corrected chi connectivity index (χ3v) is 4.26. The maximum absolute atomic E-state index is 13.4. The molecule has 1 aromatic carbocycles. The maximum Gasteiger partial charge on any atom is 0.223 e. The van der Waals surface area contributed by atoms with Crippen LogP contribution in [0.25, 0.3) is 0 Å². The average Bonchev–Trinajstić information content (AvgIpc) is 2.98. The number of methoxy groups -OCH3 is 1. The largest absolute Gasteiger partial charge is 0.496 e. The van der Waals surface area contributed by atoms with Crippen LogP contribution in [0, 0.1) is 12.7 Å². The first kappa shape index (κ1) is 16.9. The summed E-state index contributed by atoms with van der Waals surface area (Å²) in [4.78, 5) is 6.57. The van der Waals surface area contributed by atoms with Gasteiger partial charge in [0, 0.05) is 31.6 Å². The standard InChI is InChI=1S/C17H23FN4O2/c1-12-20-17(21-24-12)11-22-7-3-4-15(10-22)19-9-13-8-14(18)5-6-16(13)23-2/h5-6,8,15,19H,3-4,7,9-11H2,1-2H3/t15-/m0/s1. The van der Waals surface area contributed by atoms with Gasteiger partial charge in [-0.3, -0.25) is 4.90 Å². The van der Waals surface area contributed by atoms with E-state index in [0.717, 1.165) is 37.3 Å². The summed E-state index contributed by atoms with van der Waals surface area (Å²) in [5.74, 6) is 1.78. The Labute approximate surface area is 141 Å². The van der Waals surface area contributed by atoms with Crippen molar-refractivity contribution < 1.29 is 13.7 Å². The number of halogens is 1. The summed E-state index contributed by atoms with van der Waals surface area (Å²) in [6, 6.07) is 4.95. The van der Waals surface area contributed by atoms with Crippen LogP contribution < -0.4 is 10.1 Å². The number of hydrogen-bond acceptors (Lipinski definition) is 6. The second-order valence-electron chi connectivity index (χ2n) is 6.14. The van der Waals surface area contributed by atoms with Gasteiger partial charge in [0.1, 0.15) is 11.6 Å². The molecule has 1 fully saturated rings. The van der Waals surface area contributed by atoms with Gasteiger partial charge in [-0.1, -0.05) is 5.16 Å². The fraction of sp³-hybridized carbons (Fsp3) is 0.529. The zero-order valence-corrected chi connectivity index (χ0v) is 14.1. The van der Waals surface area contributed by atoms with Crippen LogP contribution in [0.5, 0.6) is 5.75 Å². The minimum absolute atomic E-state index is 0.245. The lowest BCUT2D eigenvalue weighted by Crippen LogP contribution is -2.45. The molecule has 6 nitrogen and oxygen atoms in total. The van der Waals surface area contributed by atoms with Crippen LogP contribution >= 0.6 is 0 Å². The van der Waals surface area contributed by atoms with Crippen LogP contribution in [0.1, 0.15) is 30.1 Å². The van der Waals surface area contributed by atoms with Crippen molar-refractivity contribution in [3.05, 3.63) is 41.3 Å². The number of likely N-dealkylation sites (tertiary alicyclic amines) is 1. The van der Waals surface area contributed by atoms with Crippen molar-refractivity contribution in [2.45, 2.75) is 38.9 Å². The van der Waals surface area contributed by atoms with Gasteiger partial charge in [-0.05, 0) is 37.6 Å². The lowest BCUT2D eigenvalue weighted by atomic mass is 10.0. The number of hydrogen-bond donors (Lipinski definition) is 1. The van der Waals surface area contributed by atoms with Crippen molar-refractivity contribution >= 4 is 0 Å². The van der Waals surface area contributed by atoms with Crippen LogP contribution in [0.15, 0.2) is 22.7 Å². The average molecular weight is 334 g/mol. The van der Waals surface area contributed by atoms with E-state index in [1.54, 1.807) is 20.1 Å². The SMILES string of the molecule is COc1ccc(F)cc1CN[C@H]1CCCN(Cc2noc(C)n2)C1. The van der Waals surface area contributed by atoms with Crippen molar-refractivity contribution in [3.8, 4) is 5.75 Å². The molecule has 1 aromatic heterocycles. The molecule has 0 amide bonds. The van der Waals surface area contributed by atoms with E-state index < -0.39 is 0 Å². The Hall–Kier alpha value is -1.99. The Balaban J connectivity index is 1.55. The number of ether oxygens (including phenoxy) is 1. The molecule has 1 atom stereocenters. The first-order valence-corrected chi connectivity index (χ1v) is 8.21. The van der Waals surface area contributed by atoms with Gasteiger partial charge < -0.3 is 14.6 Å². The molecule has 0 aliphatic carbocycles. The van der Waals surface area contributed by atoms with E-state index in [2.05, 4.69) is 20.4 Å². The molecule has 1 N–H and O–H groups in total. The number of rotatable bonds is 6. The summed E-state index contributed by atoms with van der Waals surface area (Å²) in [6.45, 7) is 5.00. The highest BCUT2D eigenvalue weighted by molar-refractivity contribution is 5.33. The van der Waals surface area contributed by atoms with E-state index in [9.17, 15) is 4.39 Å². The summed E-state index contributed by atoms with van der Waals surface area (Å²) in [5, 5.41) is 7.46. The second kappa shape index (κ2) is 7.72. The third-order valence-electron chi connectivity index (χ3n) is 4.26. The molecule has 3 rings (SSSR count). The molecule has 7 heteroatoms. The predicted octanol–water partition coefficient (Wildman–Crippen LogP) is 2.28. The lowest BCUT2D eigenvalue weighted by Gasteiger charge is -2.32. The molecule has 0 radical (unpaired) electrons. The van der Waals surface area contributed by atoms with Crippen LogP contribution in [-0.2, 0) is 13.1 Å². The smallest absolute Gasteiger partial charge is 0.223 e. The summed E-state index contributed by atoms with van der Waals surface area (Å²) in [5.41, 5.74) is 0.836. The van der Waals surface area contributed by atoms with Gasteiger partial charge in [0.15, 0.2) is 5.82 Å². The fourth-order valence-corrected chi connectivity index (χ4v) is 3.11. The molecule has 0 bridgehead atoms. The number of aromatic nitrogens is 2. The van der Waals surface area contributed by atoms with Gasteiger partial charge in [0.2, 0.25) is 5.89 Å². The Bertz CT molecular complexity index is 676. The van der Waals surface area contributed by atoms with Crippen LogP contribution in [0.4, 0.5) is 4.39 Å². The third kappa shape index (κ3) is 4.30. The molecule has 0 saturated carbocycles. The van der Waals surface area contributed by atoms with E-state index in [1.807, 2.05) is 0 Å². The quantitative estimate of drug-likeness (QED) is 0.874. The van der Waals surface area contributed by atoms with Crippen LogP contribution in [-0.4, -0.2) is 41.3 Å². The van der Waals surface area contributed by atoms with E-state index in [-0.39, 0.29) is 5.82 Å². The zero-order valence-electron chi connectivity index (χ0n) is 14.1. The van der Waals surface area contributed by atoms with E-state index in [0.29, 0.717) is 30.8 Å². The monoisotopic (exact) mass is 334 g/mol. The molecule has 1 aliphatic rings. The van der Waals surface area contributed by atoms with Gasteiger partial charge in [-0.2, -0.15) is 4.98 Å². The molecular formula is C17H23FN4O2. The Kier molecular flexibility index (Phi) is 5.42. The highest BCUT2D eigenvalue weighted by Crippen LogP contribution is 2.20. The maximum atomic E-state index is 13.4. The van der Waals surface area contributed by atoms with Crippen molar-refractivity contribution in [2.75, 3.05) is 20.2 Å². The molecule has 24 heavy (non-hydrogen) atoms. The Morgan fingerprint density at radius 1 is 1.46 bits per heavy atom. The van der Waals surface area contributed by atoms with Gasteiger partial charge in [-0.25, -0.2) is 4.39 Å². The van der Waals surface area contributed by atoms with Crippen molar-refractivity contribution in [1.82, 2.24) is 20.4 Å². The van der Waals surface area contributed by atoms with Crippen molar-refractivity contribution in [1.29, 1.82) is 0 Å². The molecule has 1 saturated heterocycles. The van der Waals surface area contributed by atoms with Gasteiger partial charge >= 0.3 is 0 Å². The number of piperidine rings is 1. The lowest BCUT2D eigenvalue weighted by molar-refractivity contribution is 0.177. The van der Waals surface area contributed by atoms with Gasteiger partial charge in [0.25, 0.3) is 0 Å². The highest BCUT2D eigenvalue weighted by Gasteiger charge is 2.21. The molecule has 2 aromatic rings. The molecule has 0 spiro atoms. The summed E-state index contributed by atoms with van der Waals surface area (Å²) >= 11 is 0. The number of aryl methyl sites for hydroxylation is 1. The summed E-state index contributed by atoms with van der Waals surface area (Å²) in [7, 11) is 1.60. The highest BCUT2D eigenvalue weighted by atomic mass is 19.1. The second-order valence-corrected chi connectivity index (χ2v) is 6.14. The number of nitrogens with one attached hydrogen (secondary N) is 1. The first-order chi connectivity index (χ1) is 11.6. The minimum Gasteiger partial charge on any atom is -0.496 e. The van der Waals surface area contributed by atoms with Crippen molar-refractivity contribution in [3.63, 3.8) is 0 Å². The first-order valence-electron chi connectivity index (χ1n) is 8.21. The Morgan fingerprint density at radius 3 is 3.08 bits per heavy atom. The molecular weight excluding hydrogens is 311 g/mol. The van der Waals surface area contributed by atoms with Crippen molar-refractivity contribution in [2.24, 2.45) is 0 Å². The minimum atomic E-state index is -0.245. The number of nitrogens with zero attached hydrogens (tertiary/aromatic N) is 3. The molecule has 1 aliphatic heterocycles. The zero-order chi connectivity index (χ0) is 16.9. The van der Waals surface area contributed by atoms with Crippen LogP contribution in [0.3, 0.4) is 0 Å². The summed E-state index contributed by atoms with van der Waals surface area (Å²) in [6.07, 6.45) is 2.20. The van der Waals surface area contributed by atoms with Gasteiger partial charge in [-0.15, -0.1) is 0 Å². The van der Waals surface area contributed by atoms with E-state index >= 15 is 0 Å². The van der Waals surface area contributed by atoms with E-state index in [4.69, 9.17) is 9.26 Å². The predicted molar refractivity (Wildman–Crippen MR) is 87.1 cm³/mol. The normalized spacial score (nSPS) is 18.7. The van der Waals surface area contributed by atoms with Gasteiger partial charge in [0.05, 0.1) is 13.7 Å².